The lowest BCUT2D eigenvalue weighted by Gasteiger charge is -2.21. The highest BCUT2D eigenvalue weighted by Gasteiger charge is 2.27. The molecule has 5 nitrogen and oxygen atoms in total. The number of hydrogen-bond donors (Lipinski definition) is 2. The van der Waals surface area contributed by atoms with Gasteiger partial charge in [0, 0.05) is 25.3 Å². The molecule has 2 N–H and O–H groups in total. The van der Waals surface area contributed by atoms with E-state index in [1.54, 1.807) is 0 Å². The summed E-state index contributed by atoms with van der Waals surface area (Å²) in [5.74, 6) is 0. The highest BCUT2D eigenvalue weighted by atomic mass is 16.6. The van der Waals surface area contributed by atoms with Crippen LogP contribution in [0.4, 0.5) is 4.79 Å². The molecule has 0 saturated heterocycles. The maximum Gasteiger partial charge on any atom is 0.407 e. The van der Waals surface area contributed by atoms with Crippen molar-refractivity contribution < 1.29 is 14.3 Å². The van der Waals surface area contributed by atoms with Crippen LogP contribution in [0.15, 0.2) is 0 Å². The Labute approximate surface area is 122 Å². The van der Waals surface area contributed by atoms with Crippen LogP contribution in [0, 0.1) is 0 Å². The molecule has 1 saturated carbocycles. The fourth-order valence-corrected chi connectivity index (χ4v) is 2.40. The van der Waals surface area contributed by atoms with E-state index in [1.807, 2.05) is 27.7 Å². The lowest BCUT2D eigenvalue weighted by Crippen LogP contribution is -2.39. The third kappa shape index (κ3) is 7.70. The molecule has 2 atom stereocenters. The van der Waals surface area contributed by atoms with Gasteiger partial charge in [0.1, 0.15) is 5.60 Å². The summed E-state index contributed by atoms with van der Waals surface area (Å²) in [6, 6.07) is 0.728. The normalized spacial score (nSPS) is 22.8. The van der Waals surface area contributed by atoms with Gasteiger partial charge in [-0.05, 0) is 59.9 Å². The van der Waals surface area contributed by atoms with Crippen LogP contribution in [0.2, 0.25) is 0 Å². The number of ether oxygens (including phenoxy) is 2. The van der Waals surface area contributed by atoms with E-state index >= 15 is 0 Å². The number of amides is 1. The van der Waals surface area contributed by atoms with Gasteiger partial charge < -0.3 is 20.1 Å². The number of hydrogen-bond acceptors (Lipinski definition) is 4. The molecule has 1 aliphatic carbocycles. The molecule has 0 aliphatic heterocycles. The summed E-state index contributed by atoms with van der Waals surface area (Å²) in [4.78, 5) is 11.7. The summed E-state index contributed by atoms with van der Waals surface area (Å²) in [5.41, 5.74) is -0.431. The van der Waals surface area contributed by atoms with Crippen LogP contribution < -0.4 is 10.6 Å². The molecule has 1 fully saturated rings. The summed E-state index contributed by atoms with van der Waals surface area (Å²) in [7, 11) is 0. The molecule has 0 aromatic heterocycles. The second-order valence-electron chi connectivity index (χ2n) is 6.36. The first-order valence-corrected chi connectivity index (χ1v) is 7.71. The maximum absolute atomic E-state index is 11.7. The van der Waals surface area contributed by atoms with Crippen molar-refractivity contribution in [3.63, 3.8) is 0 Å². The lowest BCUT2D eigenvalue weighted by molar-refractivity contribution is 0.0505. The van der Waals surface area contributed by atoms with Crippen molar-refractivity contribution in [3.05, 3.63) is 0 Å². The van der Waals surface area contributed by atoms with Gasteiger partial charge in [-0.1, -0.05) is 0 Å². The Morgan fingerprint density at radius 1 is 1.25 bits per heavy atom. The van der Waals surface area contributed by atoms with Gasteiger partial charge in [0.2, 0.25) is 0 Å². The zero-order chi connectivity index (χ0) is 15.0. The molecule has 1 aliphatic rings. The fraction of sp³-hybridized carbons (Fsp3) is 0.933. The second-order valence-corrected chi connectivity index (χ2v) is 6.36. The summed E-state index contributed by atoms with van der Waals surface area (Å²) in [6.45, 7) is 10.2. The van der Waals surface area contributed by atoms with Crippen LogP contribution in [0.1, 0.15) is 53.4 Å². The minimum Gasteiger partial charge on any atom is -0.444 e. The maximum atomic E-state index is 11.7. The van der Waals surface area contributed by atoms with Crippen LogP contribution in [-0.2, 0) is 9.47 Å². The molecule has 5 heteroatoms. The number of nitrogens with one attached hydrogen (secondary N) is 2. The minimum atomic E-state index is -0.431. The van der Waals surface area contributed by atoms with Gasteiger partial charge in [0.25, 0.3) is 0 Å². The van der Waals surface area contributed by atoms with E-state index in [0.29, 0.717) is 6.04 Å². The Kier molecular flexibility index (Phi) is 7.30. The van der Waals surface area contributed by atoms with Crippen molar-refractivity contribution in [3.8, 4) is 0 Å². The molecule has 0 aromatic carbocycles. The van der Waals surface area contributed by atoms with Crippen molar-refractivity contribution in [2.45, 2.75) is 71.1 Å². The molecular weight excluding hydrogens is 256 g/mol. The molecule has 118 valence electrons. The van der Waals surface area contributed by atoms with E-state index in [0.717, 1.165) is 45.4 Å². The second kappa shape index (κ2) is 8.47. The standard InChI is InChI=1S/C15H30N2O3/c1-5-19-10-6-9-16-12-7-8-13(11-12)17-14(18)20-15(2,3)4/h12-13,16H,5-11H2,1-4H3,(H,17,18). The Hall–Kier alpha value is -0.810. The predicted molar refractivity (Wildman–Crippen MR) is 79.9 cm³/mol. The Bertz CT molecular complexity index is 289. The van der Waals surface area contributed by atoms with E-state index in [9.17, 15) is 4.79 Å². The molecule has 0 heterocycles. The molecule has 1 amide bonds. The smallest absolute Gasteiger partial charge is 0.407 e. The molecule has 2 unspecified atom stereocenters. The number of rotatable bonds is 7. The van der Waals surface area contributed by atoms with Gasteiger partial charge in [0.05, 0.1) is 0 Å². The summed E-state index contributed by atoms with van der Waals surface area (Å²) >= 11 is 0. The van der Waals surface area contributed by atoms with Gasteiger partial charge in [-0.2, -0.15) is 0 Å². The highest BCUT2D eigenvalue weighted by molar-refractivity contribution is 5.68. The SMILES string of the molecule is CCOCCCNC1CCC(NC(=O)OC(C)(C)C)C1. The topological polar surface area (TPSA) is 59.6 Å². The predicted octanol–water partition coefficient (Wildman–Crippen LogP) is 2.45. The van der Waals surface area contributed by atoms with Crippen molar-refractivity contribution in [2.75, 3.05) is 19.8 Å². The van der Waals surface area contributed by atoms with Gasteiger partial charge in [-0.25, -0.2) is 4.79 Å². The third-order valence-electron chi connectivity index (χ3n) is 3.26. The quantitative estimate of drug-likeness (QED) is 0.706. The average molecular weight is 286 g/mol. The van der Waals surface area contributed by atoms with E-state index < -0.39 is 5.60 Å². The largest absolute Gasteiger partial charge is 0.444 e. The van der Waals surface area contributed by atoms with E-state index in [4.69, 9.17) is 9.47 Å². The third-order valence-corrected chi connectivity index (χ3v) is 3.26. The van der Waals surface area contributed by atoms with Gasteiger partial charge >= 0.3 is 6.09 Å². The van der Waals surface area contributed by atoms with E-state index in [2.05, 4.69) is 10.6 Å². The first-order valence-electron chi connectivity index (χ1n) is 7.71. The number of alkyl carbamates (subject to hydrolysis) is 1. The molecule has 20 heavy (non-hydrogen) atoms. The Morgan fingerprint density at radius 3 is 2.60 bits per heavy atom. The van der Waals surface area contributed by atoms with Crippen LogP contribution in [0.25, 0.3) is 0 Å². The minimum absolute atomic E-state index is 0.231. The Balaban J connectivity index is 2.12. The molecule has 1 rings (SSSR count). The first kappa shape index (κ1) is 17.2. The van der Waals surface area contributed by atoms with Crippen LogP contribution in [0.3, 0.4) is 0 Å². The Morgan fingerprint density at radius 2 is 1.95 bits per heavy atom. The molecule has 0 spiro atoms. The fourth-order valence-electron chi connectivity index (χ4n) is 2.40. The van der Waals surface area contributed by atoms with Crippen LogP contribution >= 0.6 is 0 Å². The van der Waals surface area contributed by atoms with Gasteiger partial charge in [0.15, 0.2) is 0 Å². The van der Waals surface area contributed by atoms with Crippen LogP contribution in [0.5, 0.6) is 0 Å². The lowest BCUT2D eigenvalue weighted by atomic mass is 10.2. The van der Waals surface area contributed by atoms with Crippen molar-refractivity contribution in [1.82, 2.24) is 10.6 Å². The van der Waals surface area contributed by atoms with Crippen molar-refractivity contribution in [2.24, 2.45) is 0 Å². The summed E-state index contributed by atoms with van der Waals surface area (Å²) in [5, 5.41) is 6.47. The molecule has 0 radical (unpaired) electrons. The van der Waals surface area contributed by atoms with Crippen molar-refractivity contribution in [1.29, 1.82) is 0 Å². The monoisotopic (exact) mass is 286 g/mol. The zero-order valence-corrected chi connectivity index (χ0v) is 13.3. The zero-order valence-electron chi connectivity index (χ0n) is 13.3. The van der Waals surface area contributed by atoms with E-state index in [-0.39, 0.29) is 12.1 Å². The average Bonchev–Trinajstić information content (AvgIpc) is 2.74. The molecule has 0 bridgehead atoms. The van der Waals surface area contributed by atoms with Crippen LogP contribution in [-0.4, -0.2) is 43.5 Å². The van der Waals surface area contributed by atoms with Crippen molar-refractivity contribution >= 4 is 6.09 Å². The molecule has 0 aromatic rings. The van der Waals surface area contributed by atoms with Gasteiger partial charge in [-0.15, -0.1) is 0 Å². The molecular formula is C15H30N2O3. The van der Waals surface area contributed by atoms with Gasteiger partial charge in [-0.3, -0.25) is 0 Å². The van der Waals surface area contributed by atoms with E-state index in [1.165, 1.54) is 0 Å². The number of carbonyl (C=O) groups is 1. The number of carbonyl (C=O) groups excluding carboxylic acids is 1. The summed E-state index contributed by atoms with van der Waals surface area (Å²) in [6.07, 6.45) is 3.83. The summed E-state index contributed by atoms with van der Waals surface area (Å²) < 4.78 is 10.6. The first-order chi connectivity index (χ1) is 9.40. The highest BCUT2D eigenvalue weighted by Crippen LogP contribution is 2.19.